The van der Waals surface area contributed by atoms with Crippen LogP contribution in [0, 0.1) is 0 Å². The highest BCUT2D eigenvalue weighted by atomic mass is 16.5. The number of rotatable bonds is 3. The van der Waals surface area contributed by atoms with Gasteiger partial charge in [0.05, 0.1) is 20.0 Å². The summed E-state index contributed by atoms with van der Waals surface area (Å²) in [5, 5.41) is 8.80. The van der Waals surface area contributed by atoms with Crippen LogP contribution < -0.4 is 4.74 Å². The molecule has 0 saturated carbocycles. The van der Waals surface area contributed by atoms with Gasteiger partial charge in [-0.25, -0.2) is 9.97 Å². The van der Waals surface area contributed by atoms with Crippen LogP contribution in [0.3, 0.4) is 0 Å². The van der Waals surface area contributed by atoms with Crippen LogP contribution in [0.15, 0.2) is 12.7 Å². The van der Waals surface area contributed by atoms with Gasteiger partial charge in [0.15, 0.2) is 11.2 Å². The Labute approximate surface area is 80.2 Å². The van der Waals surface area contributed by atoms with Gasteiger partial charge in [0.2, 0.25) is 5.88 Å². The van der Waals surface area contributed by atoms with E-state index in [4.69, 9.17) is 9.84 Å². The predicted molar refractivity (Wildman–Crippen MR) is 49.0 cm³/mol. The standard InChI is InChI=1S/C8H10N4O2/c1-14-8-6-7(9-4-10-8)12(2-3-13)5-11-6/h4-5,13H,2-3H2,1H3. The Bertz CT molecular complexity index is 440. The Morgan fingerprint density at radius 2 is 2.29 bits per heavy atom. The molecule has 74 valence electrons. The van der Waals surface area contributed by atoms with E-state index in [0.29, 0.717) is 23.6 Å². The van der Waals surface area contributed by atoms with Crippen molar-refractivity contribution in [3.8, 4) is 5.88 Å². The van der Waals surface area contributed by atoms with Crippen molar-refractivity contribution in [2.24, 2.45) is 0 Å². The lowest BCUT2D eigenvalue weighted by atomic mass is 10.5. The molecule has 14 heavy (non-hydrogen) atoms. The fourth-order valence-electron chi connectivity index (χ4n) is 1.28. The number of aliphatic hydroxyl groups is 1. The molecule has 0 fully saturated rings. The Morgan fingerprint density at radius 1 is 1.43 bits per heavy atom. The summed E-state index contributed by atoms with van der Waals surface area (Å²) in [4.78, 5) is 12.1. The zero-order chi connectivity index (χ0) is 9.97. The smallest absolute Gasteiger partial charge is 0.245 e. The fraction of sp³-hybridized carbons (Fsp3) is 0.375. The topological polar surface area (TPSA) is 73.1 Å². The summed E-state index contributed by atoms with van der Waals surface area (Å²) in [6.07, 6.45) is 3.02. The number of hydrogen-bond acceptors (Lipinski definition) is 5. The van der Waals surface area contributed by atoms with Crippen LogP contribution in [-0.2, 0) is 6.54 Å². The molecule has 6 nitrogen and oxygen atoms in total. The maximum absolute atomic E-state index is 8.80. The van der Waals surface area contributed by atoms with Crippen molar-refractivity contribution in [2.75, 3.05) is 13.7 Å². The molecule has 0 radical (unpaired) electrons. The first-order valence-corrected chi connectivity index (χ1v) is 4.17. The molecule has 0 spiro atoms. The maximum atomic E-state index is 8.80. The second kappa shape index (κ2) is 3.59. The highest BCUT2D eigenvalue weighted by Crippen LogP contribution is 2.18. The third-order valence-corrected chi connectivity index (χ3v) is 1.90. The van der Waals surface area contributed by atoms with Crippen LogP contribution in [0.1, 0.15) is 0 Å². The SMILES string of the molecule is COc1ncnc2c1ncn2CCO. The summed E-state index contributed by atoms with van der Waals surface area (Å²) in [7, 11) is 1.53. The van der Waals surface area contributed by atoms with Gasteiger partial charge in [0, 0.05) is 6.54 Å². The molecule has 2 heterocycles. The Hall–Kier alpha value is -1.69. The first kappa shape index (κ1) is 8.89. The first-order valence-electron chi connectivity index (χ1n) is 4.17. The molecule has 0 unspecified atom stereocenters. The zero-order valence-electron chi connectivity index (χ0n) is 7.71. The number of hydrogen-bond donors (Lipinski definition) is 1. The van der Waals surface area contributed by atoms with Crippen molar-refractivity contribution >= 4 is 11.2 Å². The monoisotopic (exact) mass is 194 g/mol. The van der Waals surface area contributed by atoms with Crippen molar-refractivity contribution in [1.29, 1.82) is 0 Å². The molecule has 0 amide bonds. The third kappa shape index (κ3) is 1.29. The van der Waals surface area contributed by atoms with Crippen LogP contribution in [0.5, 0.6) is 5.88 Å². The molecule has 2 aromatic heterocycles. The molecular weight excluding hydrogens is 184 g/mol. The van der Waals surface area contributed by atoms with E-state index in [9.17, 15) is 0 Å². The summed E-state index contributed by atoms with van der Waals surface area (Å²) in [6.45, 7) is 0.522. The molecule has 0 aliphatic carbocycles. The quantitative estimate of drug-likeness (QED) is 0.734. The molecule has 0 aliphatic heterocycles. The predicted octanol–water partition coefficient (Wildman–Crippen LogP) is -0.173. The second-order valence-corrected chi connectivity index (χ2v) is 2.72. The molecule has 0 aliphatic rings. The summed E-state index contributed by atoms with van der Waals surface area (Å²) in [6, 6.07) is 0. The lowest BCUT2D eigenvalue weighted by Crippen LogP contribution is -2.01. The highest BCUT2D eigenvalue weighted by molar-refractivity contribution is 5.75. The van der Waals surface area contributed by atoms with Crippen molar-refractivity contribution in [2.45, 2.75) is 6.54 Å². The Balaban J connectivity index is 2.57. The van der Waals surface area contributed by atoms with E-state index in [-0.39, 0.29) is 6.61 Å². The maximum Gasteiger partial charge on any atom is 0.245 e. The summed E-state index contributed by atoms with van der Waals surface area (Å²) in [5.74, 6) is 0.451. The molecule has 2 aromatic rings. The largest absolute Gasteiger partial charge is 0.479 e. The lowest BCUT2D eigenvalue weighted by Gasteiger charge is -2.00. The number of imidazole rings is 1. The van der Waals surface area contributed by atoms with Crippen molar-refractivity contribution in [3.63, 3.8) is 0 Å². The van der Waals surface area contributed by atoms with Gasteiger partial charge in [-0.1, -0.05) is 0 Å². The minimum atomic E-state index is 0.0534. The van der Waals surface area contributed by atoms with E-state index < -0.39 is 0 Å². The number of fused-ring (bicyclic) bond motifs is 1. The van der Waals surface area contributed by atoms with E-state index >= 15 is 0 Å². The third-order valence-electron chi connectivity index (χ3n) is 1.90. The number of methoxy groups -OCH3 is 1. The summed E-state index contributed by atoms with van der Waals surface area (Å²) < 4.78 is 6.78. The van der Waals surface area contributed by atoms with Gasteiger partial charge in [0.1, 0.15) is 6.33 Å². The number of aliphatic hydroxyl groups excluding tert-OH is 1. The summed E-state index contributed by atoms with van der Waals surface area (Å²) >= 11 is 0. The average molecular weight is 194 g/mol. The van der Waals surface area contributed by atoms with Gasteiger partial charge in [-0.2, -0.15) is 4.98 Å². The van der Waals surface area contributed by atoms with Crippen LogP contribution in [0.4, 0.5) is 0 Å². The molecule has 0 saturated heterocycles. The lowest BCUT2D eigenvalue weighted by molar-refractivity contribution is 0.277. The number of aromatic nitrogens is 4. The molecular formula is C8H10N4O2. The van der Waals surface area contributed by atoms with Crippen LogP contribution in [0.25, 0.3) is 11.2 Å². The van der Waals surface area contributed by atoms with E-state index in [2.05, 4.69) is 15.0 Å². The van der Waals surface area contributed by atoms with E-state index in [0.717, 1.165) is 0 Å². The molecule has 0 atom stereocenters. The number of ether oxygens (including phenoxy) is 1. The van der Waals surface area contributed by atoms with Crippen molar-refractivity contribution < 1.29 is 9.84 Å². The summed E-state index contributed by atoms with van der Waals surface area (Å²) in [5.41, 5.74) is 1.29. The average Bonchev–Trinajstić information content (AvgIpc) is 2.62. The second-order valence-electron chi connectivity index (χ2n) is 2.72. The minimum absolute atomic E-state index is 0.0534. The van der Waals surface area contributed by atoms with Gasteiger partial charge in [-0.05, 0) is 0 Å². The molecule has 0 bridgehead atoms. The Kier molecular flexibility index (Phi) is 2.28. The van der Waals surface area contributed by atoms with Gasteiger partial charge < -0.3 is 14.4 Å². The van der Waals surface area contributed by atoms with Gasteiger partial charge in [0.25, 0.3) is 0 Å². The molecule has 2 rings (SSSR count). The van der Waals surface area contributed by atoms with Crippen molar-refractivity contribution in [1.82, 2.24) is 19.5 Å². The molecule has 0 aromatic carbocycles. The van der Waals surface area contributed by atoms with E-state index in [1.807, 2.05) is 0 Å². The van der Waals surface area contributed by atoms with Gasteiger partial charge >= 0.3 is 0 Å². The van der Waals surface area contributed by atoms with Crippen molar-refractivity contribution in [3.05, 3.63) is 12.7 Å². The fourth-order valence-corrected chi connectivity index (χ4v) is 1.28. The first-order chi connectivity index (χ1) is 6.86. The minimum Gasteiger partial charge on any atom is -0.479 e. The van der Waals surface area contributed by atoms with Crippen LogP contribution in [-0.4, -0.2) is 38.3 Å². The Morgan fingerprint density at radius 3 is 3.00 bits per heavy atom. The van der Waals surface area contributed by atoms with Gasteiger partial charge in [-0.3, -0.25) is 0 Å². The van der Waals surface area contributed by atoms with Gasteiger partial charge in [-0.15, -0.1) is 0 Å². The number of nitrogens with zero attached hydrogens (tertiary/aromatic N) is 4. The zero-order valence-corrected chi connectivity index (χ0v) is 7.71. The molecule has 6 heteroatoms. The van der Waals surface area contributed by atoms with Crippen LogP contribution >= 0.6 is 0 Å². The molecule has 1 N–H and O–H groups in total. The van der Waals surface area contributed by atoms with Crippen LogP contribution in [0.2, 0.25) is 0 Å². The normalized spacial score (nSPS) is 10.7. The highest BCUT2D eigenvalue weighted by Gasteiger charge is 2.09. The van der Waals surface area contributed by atoms with E-state index in [1.54, 1.807) is 10.9 Å². The van der Waals surface area contributed by atoms with E-state index in [1.165, 1.54) is 13.4 Å².